The Labute approximate surface area is 136 Å². The average Bonchev–Trinajstić information content (AvgIpc) is 2.51. The van der Waals surface area contributed by atoms with E-state index in [0.717, 1.165) is 0 Å². The zero-order valence-corrected chi connectivity index (χ0v) is 14.4. The Bertz CT molecular complexity index is 642. The van der Waals surface area contributed by atoms with Crippen molar-refractivity contribution < 1.29 is 17.9 Å². The zero-order chi connectivity index (χ0) is 17.0. The van der Waals surface area contributed by atoms with Crippen molar-refractivity contribution in [3.05, 3.63) is 28.8 Å². The van der Waals surface area contributed by atoms with Crippen LogP contribution in [-0.2, 0) is 14.8 Å². The molecular weight excluding hydrogens is 328 g/mol. The number of hydrogen-bond donors (Lipinski definition) is 2. The molecule has 22 heavy (non-hydrogen) atoms. The first-order valence-corrected chi connectivity index (χ1v) is 8.71. The Balaban J connectivity index is 3.16. The number of ether oxygens (including phenoxy) is 1. The number of rotatable bonds is 7. The van der Waals surface area contributed by atoms with Crippen molar-refractivity contribution in [2.45, 2.75) is 37.1 Å². The second-order valence-corrected chi connectivity index (χ2v) is 7.20. The molecule has 0 bridgehead atoms. The number of carbonyl (C=O) groups is 1. The number of carbonyl (C=O) groups excluding carboxylic acids is 1. The van der Waals surface area contributed by atoms with E-state index in [1.807, 2.05) is 13.8 Å². The highest BCUT2D eigenvalue weighted by atomic mass is 35.5. The molecule has 8 heteroatoms. The number of halogens is 1. The number of esters is 1. The van der Waals surface area contributed by atoms with Crippen molar-refractivity contribution in [2.24, 2.45) is 5.73 Å². The molecule has 0 spiro atoms. The van der Waals surface area contributed by atoms with Gasteiger partial charge in [0.1, 0.15) is 0 Å². The summed E-state index contributed by atoms with van der Waals surface area (Å²) in [6.07, 6.45) is 1.24. The van der Waals surface area contributed by atoms with Gasteiger partial charge < -0.3 is 10.5 Å². The zero-order valence-electron chi connectivity index (χ0n) is 12.8. The highest BCUT2D eigenvalue weighted by Crippen LogP contribution is 2.22. The summed E-state index contributed by atoms with van der Waals surface area (Å²) in [7, 11) is -2.73. The van der Waals surface area contributed by atoms with Gasteiger partial charge in [-0.15, -0.1) is 0 Å². The standard InChI is InChI=1S/C14H21ClN2O4S/c1-4-14(16,5-2)9-17-22(19,20)12-7-6-10(15)8-11(12)13(18)21-3/h6-8,17H,4-5,9,16H2,1-3H3. The van der Waals surface area contributed by atoms with Crippen molar-refractivity contribution in [3.8, 4) is 0 Å². The highest BCUT2D eigenvalue weighted by molar-refractivity contribution is 7.89. The lowest BCUT2D eigenvalue weighted by atomic mass is 9.95. The second-order valence-electron chi connectivity index (χ2n) is 5.03. The van der Waals surface area contributed by atoms with Crippen LogP contribution in [0.5, 0.6) is 0 Å². The summed E-state index contributed by atoms with van der Waals surface area (Å²) < 4.78 is 31.9. The van der Waals surface area contributed by atoms with Gasteiger partial charge in [0.25, 0.3) is 0 Å². The molecule has 0 aliphatic rings. The third-order valence-electron chi connectivity index (χ3n) is 3.66. The second kappa shape index (κ2) is 7.41. The minimum absolute atomic E-state index is 0.0750. The third-order valence-corrected chi connectivity index (χ3v) is 5.35. The van der Waals surface area contributed by atoms with Crippen molar-refractivity contribution in [1.82, 2.24) is 4.72 Å². The molecule has 0 radical (unpaired) electrons. The van der Waals surface area contributed by atoms with Crippen LogP contribution in [0.2, 0.25) is 5.02 Å². The van der Waals surface area contributed by atoms with Crippen LogP contribution in [0, 0.1) is 0 Å². The number of nitrogens with two attached hydrogens (primary N) is 1. The van der Waals surface area contributed by atoms with Crippen LogP contribution >= 0.6 is 11.6 Å². The van der Waals surface area contributed by atoms with Gasteiger partial charge in [-0.25, -0.2) is 17.9 Å². The number of methoxy groups -OCH3 is 1. The molecule has 124 valence electrons. The molecule has 0 heterocycles. The molecule has 1 rings (SSSR count). The number of sulfonamides is 1. The molecule has 0 atom stereocenters. The van der Waals surface area contributed by atoms with E-state index in [1.165, 1.54) is 25.3 Å². The quantitative estimate of drug-likeness (QED) is 0.733. The van der Waals surface area contributed by atoms with Gasteiger partial charge in [-0.2, -0.15) is 0 Å². The molecule has 0 aromatic heterocycles. The summed E-state index contributed by atoms with van der Waals surface area (Å²) in [6, 6.07) is 3.93. The maximum Gasteiger partial charge on any atom is 0.339 e. The van der Waals surface area contributed by atoms with E-state index < -0.39 is 21.5 Å². The number of hydrogen-bond acceptors (Lipinski definition) is 5. The summed E-state index contributed by atoms with van der Waals surface area (Å²) in [4.78, 5) is 11.6. The first-order valence-electron chi connectivity index (χ1n) is 6.85. The van der Waals surface area contributed by atoms with Crippen LogP contribution in [-0.4, -0.2) is 33.6 Å². The van der Waals surface area contributed by atoms with Crippen LogP contribution in [0.25, 0.3) is 0 Å². The minimum Gasteiger partial charge on any atom is -0.465 e. The van der Waals surface area contributed by atoms with E-state index in [1.54, 1.807) is 0 Å². The molecule has 0 saturated heterocycles. The van der Waals surface area contributed by atoms with Crippen LogP contribution in [0.3, 0.4) is 0 Å². The van der Waals surface area contributed by atoms with Crippen molar-refractivity contribution in [2.75, 3.05) is 13.7 Å². The summed E-state index contributed by atoms with van der Waals surface area (Å²) in [5.41, 5.74) is 5.34. The molecular formula is C14H21ClN2O4S. The Hall–Kier alpha value is -1.15. The predicted molar refractivity (Wildman–Crippen MR) is 85.5 cm³/mol. The van der Waals surface area contributed by atoms with Gasteiger partial charge in [0.2, 0.25) is 10.0 Å². The summed E-state index contributed by atoms with van der Waals surface area (Å²) in [5, 5.41) is 0.245. The van der Waals surface area contributed by atoms with Gasteiger partial charge in [0, 0.05) is 17.1 Å². The average molecular weight is 349 g/mol. The van der Waals surface area contributed by atoms with Crippen LogP contribution in [0.1, 0.15) is 37.0 Å². The fourth-order valence-electron chi connectivity index (χ4n) is 1.82. The number of benzene rings is 1. The lowest BCUT2D eigenvalue weighted by molar-refractivity contribution is 0.0596. The van der Waals surface area contributed by atoms with Gasteiger partial charge in [0.05, 0.1) is 17.6 Å². The van der Waals surface area contributed by atoms with E-state index in [2.05, 4.69) is 9.46 Å². The first-order chi connectivity index (χ1) is 10.2. The van der Waals surface area contributed by atoms with E-state index in [4.69, 9.17) is 17.3 Å². The van der Waals surface area contributed by atoms with Crippen LogP contribution < -0.4 is 10.5 Å². The molecule has 0 saturated carbocycles. The highest BCUT2D eigenvalue weighted by Gasteiger charge is 2.27. The van der Waals surface area contributed by atoms with Gasteiger partial charge in [-0.05, 0) is 31.0 Å². The van der Waals surface area contributed by atoms with E-state index in [0.29, 0.717) is 12.8 Å². The largest absolute Gasteiger partial charge is 0.465 e. The normalized spacial score (nSPS) is 12.2. The Kier molecular flexibility index (Phi) is 6.37. The SMILES string of the molecule is CCC(N)(CC)CNS(=O)(=O)c1ccc(Cl)cc1C(=O)OC. The molecule has 0 unspecified atom stereocenters. The topological polar surface area (TPSA) is 98.5 Å². The molecule has 0 aliphatic heterocycles. The van der Waals surface area contributed by atoms with Crippen molar-refractivity contribution in [1.29, 1.82) is 0 Å². The van der Waals surface area contributed by atoms with Crippen LogP contribution in [0.15, 0.2) is 23.1 Å². The Morgan fingerprint density at radius 2 is 1.95 bits per heavy atom. The molecule has 3 N–H and O–H groups in total. The fourth-order valence-corrected chi connectivity index (χ4v) is 3.31. The molecule has 0 amide bonds. The smallest absolute Gasteiger partial charge is 0.339 e. The predicted octanol–water partition coefficient (Wildman–Crippen LogP) is 1.92. The molecule has 0 fully saturated rings. The number of nitrogens with one attached hydrogen (secondary N) is 1. The van der Waals surface area contributed by atoms with Crippen molar-refractivity contribution in [3.63, 3.8) is 0 Å². The third kappa shape index (κ3) is 4.42. The Morgan fingerprint density at radius 3 is 2.45 bits per heavy atom. The minimum atomic E-state index is -3.91. The first kappa shape index (κ1) is 18.9. The molecule has 1 aromatic rings. The van der Waals surface area contributed by atoms with Crippen LogP contribution in [0.4, 0.5) is 0 Å². The van der Waals surface area contributed by atoms with Gasteiger partial charge >= 0.3 is 5.97 Å². The van der Waals surface area contributed by atoms with E-state index in [9.17, 15) is 13.2 Å². The van der Waals surface area contributed by atoms with E-state index in [-0.39, 0.29) is 22.0 Å². The summed E-state index contributed by atoms with van der Waals surface area (Å²) in [5.74, 6) is -0.770. The monoisotopic (exact) mass is 348 g/mol. The Morgan fingerprint density at radius 1 is 1.36 bits per heavy atom. The maximum atomic E-state index is 12.4. The molecule has 6 nitrogen and oxygen atoms in total. The van der Waals surface area contributed by atoms with Crippen molar-refractivity contribution >= 4 is 27.6 Å². The summed E-state index contributed by atoms with van der Waals surface area (Å²) >= 11 is 5.82. The lowest BCUT2D eigenvalue weighted by Crippen LogP contribution is -2.49. The van der Waals surface area contributed by atoms with Gasteiger partial charge in [-0.3, -0.25) is 0 Å². The van der Waals surface area contributed by atoms with E-state index >= 15 is 0 Å². The lowest BCUT2D eigenvalue weighted by Gasteiger charge is -2.26. The summed E-state index contributed by atoms with van der Waals surface area (Å²) in [6.45, 7) is 3.85. The van der Waals surface area contributed by atoms with Gasteiger partial charge in [-0.1, -0.05) is 25.4 Å². The molecule has 1 aromatic carbocycles. The van der Waals surface area contributed by atoms with Gasteiger partial charge in [0.15, 0.2) is 0 Å². The molecule has 0 aliphatic carbocycles. The maximum absolute atomic E-state index is 12.4. The fraction of sp³-hybridized carbons (Fsp3) is 0.500.